The first-order valence-corrected chi connectivity index (χ1v) is 9.77. The molecule has 0 bridgehead atoms. The van der Waals surface area contributed by atoms with E-state index in [1.807, 2.05) is 52.0 Å². The lowest BCUT2D eigenvalue weighted by Gasteiger charge is -2.32. The van der Waals surface area contributed by atoms with Gasteiger partial charge in [-0.05, 0) is 65.7 Å². The van der Waals surface area contributed by atoms with E-state index in [2.05, 4.69) is 15.9 Å². The van der Waals surface area contributed by atoms with Gasteiger partial charge in [0.15, 0.2) is 0 Å². The molecular weight excluding hydrogens is 412 g/mol. The number of ether oxygens (including phenoxy) is 3. The van der Waals surface area contributed by atoms with Gasteiger partial charge in [0.05, 0.1) is 24.5 Å². The Morgan fingerprint density at radius 3 is 2.19 bits per heavy atom. The first kappa shape index (κ1) is 23.6. The van der Waals surface area contributed by atoms with E-state index >= 15 is 0 Å². The monoisotopic (exact) mass is 442 g/mol. The number of benzene rings is 1. The summed E-state index contributed by atoms with van der Waals surface area (Å²) in [7, 11) is 1.36. The van der Waals surface area contributed by atoms with Crippen LogP contribution in [0.25, 0.3) is 0 Å². The molecule has 0 saturated heterocycles. The third kappa shape index (κ3) is 6.92. The van der Waals surface area contributed by atoms with E-state index in [1.165, 1.54) is 7.11 Å². The molecule has 0 aliphatic rings. The second kappa shape index (κ2) is 9.20. The average molecular weight is 443 g/mol. The van der Waals surface area contributed by atoms with Crippen molar-refractivity contribution >= 4 is 27.9 Å². The SMILES string of the molecule is COC(=O)C(C)(C)COCCC(C)(C(=O)OC(C)(C)C)c1cccc(Br)c1. The van der Waals surface area contributed by atoms with Crippen LogP contribution in [0.15, 0.2) is 28.7 Å². The number of rotatable bonds is 8. The normalized spacial score (nSPS) is 14.4. The minimum atomic E-state index is -0.869. The molecule has 152 valence electrons. The summed E-state index contributed by atoms with van der Waals surface area (Å²) in [4.78, 5) is 24.7. The van der Waals surface area contributed by atoms with E-state index in [1.54, 1.807) is 13.8 Å². The van der Waals surface area contributed by atoms with Crippen LogP contribution in [-0.2, 0) is 29.2 Å². The van der Waals surface area contributed by atoms with Gasteiger partial charge in [-0.3, -0.25) is 9.59 Å². The van der Waals surface area contributed by atoms with Gasteiger partial charge in [-0.25, -0.2) is 0 Å². The van der Waals surface area contributed by atoms with Crippen LogP contribution < -0.4 is 0 Å². The molecule has 27 heavy (non-hydrogen) atoms. The molecular formula is C21H31BrO5. The Labute approximate surface area is 170 Å². The van der Waals surface area contributed by atoms with E-state index in [-0.39, 0.29) is 18.5 Å². The van der Waals surface area contributed by atoms with E-state index in [4.69, 9.17) is 14.2 Å². The summed E-state index contributed by atoms with van der Waals surface area (Å²) in [6.07, 6.45) is 0.426. The molecule has 5 nitrogen and oxygen atoms in total. The number of carbonyl (C=O) groups is 2. The molecule has 0 spiro atoms. The number of hydrogen-bond donors (Lipinski definition) is 0. The number of methoxy groups -OCH3 is 1. The largest absolute Gasteiger partial charge is 0.469 e. The van der Waals surface area contributed by atoms with E-state index in [9.17, 15) is 9.59 Å². The molecule has 0 N–H and O–H groups in total. The first-order chi connectivity index (χ1) is 12.3. The Morgan fingerprint density at radius 1 is 1.04 bits per heavy atom. The highest BCUT2D eigenvalue weighted by molar-refractivity contribution is 9.10. The van der Waals surface area contributed by atoms with Crippen LogP contribution in [0, 0.1) is 5.41 Å². The predicted octanol–water partition coefficient (Wildman–Crippen LogP) is 4.65. The molecule has 0 heterocycles. The fourth-order valence-corrected chi connectivity index (χ4v) is 2.92. The van der Waals surface area contributed by atoms with Crippen LogP contribution in [0.4, 0.5) is 0 Å². The van der Waals surface area contributed by atoms with Crippen molar-refractivity contribution < 1.29 is 23.8 Å². The smallest absolute Gasteiger partial charge is 0.316 e. The van der Waals surface area contributed by atoms with Crippen molar-refractivity contribution in [1.29, 1.82) is 0 Å². The lowest BCUT2D eigenvalue weighted by atomic mass is 9.79. The number of carbonyl (C=O) groups excluding carboxylic acids is 2. The maximum absolute atomic E-state index is 13.0. The predicted molar refractivity (Wildman–Crippen MR) is 109 cm³/mol. The molecule has 1 aromatic rings. The lowest BCUT2D eigenvalue weighted by Crippen LogP contribution is -2.40. The third-order valence-electron chi connectivity index (χ3n) is 4.26. The van der Waals surface area contributed by atoms with Crippen LogP contribution >= 0.6 is 15.9 Å². The number of hydrogen-bond acceptors (Lipinski definition) is 5. The molecule has 1 rings (SSSR count). The van der Waals surface area contributed by atoms with Crippen molar-refractivity contribution in [2.45, 2.75) is 59.0 Å². The van der Waals surface area contributed by atoms with Gasteiger partial charge < -0.3 is 14.2 Å². The quantitative estimate of drug-likeness (QED) is 0.432. The van der Waals surface area contributed by atoms with Crippen molar-refractivity contribution in [3.05, 3.63) is 34.3 Å². The van der Waals surface area contributed by atoms with Gasteiger partial charge in [0.2, 0.25) is 0 Å². The molecule has 1 aromatic carbocycles. The Balaban J connectivity index is 2.93. The fraction of sp³-hybridized carbons (Fsp3) is 0.619. The van der Waals surface area contributed by atoms with Crippen molar-refractivity contribution in [3.8, 4) is 0 Å². The van der Waals surface area contributed by atoms with Gasteiger partial charge in [-0.2, -0.15) is 0 Å². The summed E-state index contributed by atoms with van der Waals surface area (Å²) in [6, 6.07) is 7.63. The minimum absolute atomic E-state index is 0.211. The first-order valence-electron chi connectivity index (χ1n) is 8.97. The molecule has 0 fully saturated rings. The van der Waals surface area contributed by atoms with Crippen LogP contribution in [0.2, 0.25) is 0 Å². The van der Waals surface area contributed by atoms with Gasteiger partial charge in [0.1, 0.15) is 5.60 Å². The zero-order valence-corrected chi connectivity index (χ0v) is 18.9. The standard InChI is InChI=1S/C21H31BrO5/c1-19(2,3)27-18(24)21(6,15-9-8-10-16(22)13-15)11-12-26-14-20(4,5)17(23)25-7/h8-10,13H,11-12,14H2,1-7H3. The van der Waals surface area contributed by atoms with Crippen LogP contribution in [0.1, 0.15) is 53.5 Å². The highest BCUT2D eigenvalue weighted by Crippen LogP contribution is 2.33. The minimum Gasteiger partial charge on any atom is -0.469 e. The third-order valence-corrected chi connectivity index (χ3v) is 4.75. The molecule has 0 aliphatic carbocycles. The van der Waals surface area contributed by atoms with Crippen LogP contribution in [0.5, 0.6) is 0 Å². The fourth-order valence-electron chi connectivity index (χ4n) is 2.53. The molecule has 0 saturated carbocycles. The van der Waals surface area contributed by atoms with Crippen LogP contribution in [-0.4, -0.2) is 37.9 Å². The van der Waals surface area contributed by atoms with Crippen molar-refractivity contribution in [1.82, 2.24) is 0 Å². The summed E-state index contributed by atoms with van der Waals surface area (Å²) in [6.45, 7) is 11.5. The summed E-state index contributed by atoms with van der Waals surface area (Å²) in [5.41, 5.74) is -1.35. The van der Waals surface area contributed by atoms with Gasteiger partial charge >= 0.3 is 11.9 Å². The summed E-state index contributed by atoms with van der Waals surface area (Å²) >= 11 is 3.46. The molecule has 0 amide bonds. The maximum Gasteiger partial charge on any atom is 0.316 e. The molecule has 0 radical (unpaired) electrons. The zero-order chi connectivity index (χ0) is 20.9. The zero-order valence-electron chi connectivity index (χ0n) is 17.3. The van der Waals surface area contributed by atoms with Crippen molar-refractivity contribution in [2.24, 2.45) is 5.41 Å². The number of halogens is 1. The summed E-state index contributed by atoms with van der Waals surface area (Å²) in [5.74, 6) is -0.631. The van der Waals surface area contributed by atoms with Gasteiger partial charge in [0, 0.05) is 11.1 Å². The maximum atomic E-state index is 13.0. The summed E-state index contributed by atoms with van der Waals surface area (Å²) < 4.78 is 17.1. The Morgan fingerprint density at radius 2 is 1.67 bits per heavy atom. The second-order valence-corrected chi connectivity index (χ2v) is 9.44. The van der Waals surface area contributed by atoms with E-state index < -0.39 is 16.4 Å². The molecule has 0 aliphatic heterocycles. The van der Waals surface area contributed by atoms with Crippen molar-refractivity contribution in [3.63, 3.8) is 0 Å². The topological polar surface area (TPSA) is 61.8 Å². The van der Waals surface area contributed by atoms with Crippen molar-refractivity contribution in [2.75, 3.05) is 20.3 Å². The average Bonchev–Trinajstić information content (AvgIpc) is 2.56. The molecule has 0 aromatic heterocycles. The van der Waals surface area contributed by atoms with Gasteiger partial charge in [-0.1, -0.05) is 28.1 Å². The van der Waals surface area contributed by atoms with Crippen LogP contribution in [0.3, 0.4) is 0 Å². The lowest BCUT2D eigenvalue weighted by molar-refractivity contribution is -0.163. The van der Waals surface area contributed by atoms with E-state index in [0.717, 1.165) is 10.0 Å². The van der Waals surface area contributed by atoms with Gasteiger partial charge in [-0.15, -0.1) is 0 Å². The molecule has 1 unspecified atom stereocenters. The molecule has 6 heteroatoms. The second-order valence-electron chi connectivity index (χ2n) is 8.52. The Bertz CT molecular complexity index is 663. The Hall–Kier alpha value is -1.40. The molecule has 1 atom stereocenters. The van der Waals surface area contributed by atoms with Gasteiger partial charge in [0.25, 0.3) is 0 Å². The highest BCUT2D eigenvalue weighted by Gasteiger charge is 2.39. The summed E-state index contributed by atoms with van der Waals surface area (Å²) in [5, 5.41) is 0. The highest BCUT2D eigenvalue weighted by atomic mass is 79.9. The van der Waals surface area contributed by atoms with E-state index in [0.29, 0.717) is 13.0 Å². The number of esters is 2. The Kier molecular flexibility index (Phi) is 8.05.